The summed E-state index contributed by atoms with van der Waals surface area (Å²) in [4.78, 5) is 0. The van der Waals surface area contributed by atoms with E-state index in [0.717, 1.165) is 31.6 Å². The molecule has 0 radical (unpaired) electrons. The Kier molecular flexibility index (Phi) is 7.47. The Balaban J connectivity index is 2.09. The van der Waals surface area contributed by atoms with Crippen LogP contribution in [0.1, 0.15) is 25.8 Å². The zero-order chi connectivity index (χ0) is 13.4. The van der Waals surface area contributed by atoms with Gasteiger partial charge in [-0.2, -0.15) is 0 Å². The fourth-order valence-corrected chi connectivity index (χ4v) is 1.86. The van der Waals surface area contributed by atoms with Gasteiger partial charge in [-0.3, -0.25) is 0 Å². The molecule has 0 bridgehead atoms. The van der Waals surface area contributed by atoms with Crippen molar-refractivity contribution < 1.29 is 4.39 Å². The Morgan fingerprint density at radius 1 is 1.22 bits per heavy atom. The first-order chi connectivity index (χ1) is 8.59. The summed E-state index contributed by atoms with van der Waals surface area (Å²) in [7, 11) is 0. The Morgan fingerprint density at radius 3 is 2.61 bits per heavy atom. The molecule has 1 rings (SSSR count). The third kappa shape index (κ3) is 6.47. The maximum atomic E-state index is 13.2. The number of hydrogen-bond acceptors (Lipinski definition) is 2. The molecule has 2 nitrogen and oxygen atoms in total. The summed E-state index contributed by atoms with van der Waals surface area (Å²) in [5.41, 5.74) is 0.978. The Hall–Kier alpha value is -0.450. The van der Waals surface area contributed by atoms with Crippen molar-refractivity contribution >= 4 is 15.9 Å². The minimum Gasteiger partial charge on any atom is -0.316 e. The van der Waals surface area contributed by atoms with Crippen molar-refractivity contribution in [1.29, 1.82) is 0 Å². The lowest BCUT2D eigenvalue weighted by atomic mass is 10.2. The van der Waals surface area contributed by atoms with Crippen molar-refractivity contribution in [2.75, 3.05) is 19.6 Å². The minimum atomic E-state index is -0.201. The quantitative estimate of drug-likeness (QED) is 0.719. The van der Waals surface area contributed by atoms with Gasteiger partial charge in [-0.15, -0.1) is 0 Å². The van der Waals surface area contributed by atoms with Crippen LogP contribution >= 0.6 is 15.9 Å². The fourth-order valence-electron chi connectivity index (χ4n) is 1.61. The van der Waals surface area contributed by atoms with E-state index in [1.807, 2.05) is 6.07 Å². The van der Waals surface area contributed by atoms with Gasteiger partial charge in [0.1, 0.15) is 5.82 Å². The Labute approximate surface area is 117 Å². The van der Waals surface area contributed by atoms with Crippen LogP contribution < -0.4 is 10.6 Å². The normalized spacial score (nSPS) is 11.2. The fraction of sp³-hybridized carbons (Fsp3) is 0.571. The van der Waals surface area contributed by atoms with Gasteiger partial charge in [-0.1, -0.05) is 19.9 Å². The van der Waals surface area contributed by atoms with E-state index in [4.69, 9.17) is 0 Å². The first-order valence-corrected chi connectivity index (χ1v) is 7.24. The molecule has 0 atom stereocenters. The maximum Gasteiger partial charge on any atom is 0.137 e. The van der Waals surface area contributed by atoms with Crippen molar-refractivity contribution in [2.24, 2.45) is 5.92 Å². The summed E-state index contributed by atoms with van der Waals surface area (Å²) in [6, 6.07) is 5.24. The molecule has 0 aliphatic rings. The van der Waals surface area contributed by atoms with Crippen LogP contribution in [0.5, 0.6) is 0 Å². The van der Waals surface area contributed by atoms with E-state index in [9.17, 15) is 4.39 Å². The zero-order valence-electron chi connectivity index (χ0n) is 11.1. The van der Waals surface area contributed by atoms with Crippen LogP contribution in [0.15, 0.2) is 22.7 Å². The van der Waals surface area contributed by atoms with Crippen molar-refractivity contribution in [3.8, 4) is 0 Å². The highest BCUT2D eigenvalue weighted by atomic mass is 79.9. The van der Waals surface area contributed by atoms with Crippen LogP contribution in [-0.4, -0.2) is 19.6 Å². The predicted molar refractivity (Wildman–Crippen MR) is 78.1 cm³/mol. The molecule has 4 heteroatoms. The first kappa shape index (κ1) is 15.6. The maximum absolute atomic E-state index is 13.2. The number of halogens is 2. The van der Waals surface area contributed by atoms with Crippen LogP contribution in [0.25, 0.3) is 0 Å². The molecule has 0 amide bonds. The average molecular weight is 317 g/mol. The highest BCUT2D eigenvalue weighted by Gasteiger charge is 2.00. The summed E-state index contributed by atoms with van der Waals surface area (Å²) in [5, 5.41) is 6.71. The lowest BCUT2D eigenvalue weighted by Crippen LogP contribution is -2.24. The van der Waals surface area contributed by atoms with Gasteiger partial charge < -0.3 is 10.6 Å². The average Bonchev–Trinajstić information content (AvgIpc) is 2.32. The minimum absolute atomic E-state index is 0.201. The van der Waals surface area contributed by atoms with Crippen LogP contribution in [-0.2, 0) is 6.54 Å². The van der Waals surface area contributed by atoms with Gasteiger partial charge in [-0.05, 0) is 65.6 Å². The largest absolute Gasteiger partial charge is 0.316 e. The highest BCUT2D eigenvalue weighted by molar-refractivity contribution is 9.10. The van der Waals surface area contributed by atoms with Crippen molar-refractivity contribution in [3.63, 3.8) is 0 Å². The molecule has 1 aromatic carbocycles. The molecule has 0 aliphatic heterocycles. The van der Waals surface area contributed by atoms with E-state index in [1.54, 1.807) is 12.1 Å². The molecule has 0 saturated carbocycles. The molecular weight excluding hydrogens is 295 g/mol. The molecule has 0 unspecified atom stereocenters. The summed E-state index contributed by atoms with van der Waals surface area (Å²) in [5.74, 6) is 0.497. The van der Waals surface area contributed by atoms with E-state index >= 15 is 0 Å². The molecule has 0 heterocycles. The number of rotatable bonds is 8. The van der Waals surface area contributed by atoms with Crippen LogP contribution in [0.4, 0.5) is 4.39 Å². The zero-order valence-corrected chi connectivity index (χ0v) is 12.7. The number of benzene rings is 1. The second kappa shape index (κ2) is 8.62. The summed E-state index contributed by atoms with van der Waals surface area (Å²) in [6.45, 7) is 8.16. The van der Waals surface area contributed by atoms with Crippen LogP contribution in [0.2, 0.25) is 0 Å². The van der Waals surface area contributed by atoms with Gasteiger partial charge >= 0.3 is 0 Å². The second-order valence-corrected chi connectivity index (χ2v) is 5.73. The summed E-state index contributed by atoms with van der Waals surface area (Å²) < 4.78 is 13.8. The third-order valence-electron chi connectivity index (χ3n) is 2.57. The smallest absolute Gasteiger partial charge is 0.137 e. The Bertz CT molecular complexity index is 356. The number of hydrogen-bond donors (Lipinski definition) is 2. The molecule has 0 spiro atoms. The Morgan fingerprint density at radius 2 is 1.94 bits per heavy atom. The van der Waals surface area contributed by atoms with Gasteiger partial charge in [0.2, 0.25) is 0 Å². The standard InChI is InChI=1S/C14H22BrFN2/c1-11(2)9-17-6-3-7-18-10-12-4-5-13(15)14(16)8-12/h4-5,8,11,17-18H,3,6-7,9-10H2,1-2H3. The SMILES string of the molecule is CC(C)CNCCCNCc1ccc(Br)c(F)c1. The predicted octanol–water partition coefficient (Wildman–Crippen LogP) is 3.31. The molecule has 18 heavy (non-hydrogen) atoms. The number of nitrogens with one attached hydrogen (secondary N) is 2. The van der Waals surface area contributed by atoms with Crippen molar-refractivity contribution in [2.45, 2.75) is 26.8 Å². The van der Waals surface area contributed by atoms with Crippen LogP contribution in [0.3, 0.4) is 0 Å². The first-order valence-electron chi connectivity index (χ1n) is 6.45. The second-order valence-electron chi connectivity index (χ2n) is 4.88. The highest BCUT2D eigenvalue weighted by Crippen LogP contribution is 2.16. The van der Waals surface area contributed by atoms with Gasteiger partial charge in [0, 0.05) is 6.54 Å². The van der Waals surface area contributed by atoms with E-state index in [-0.39, 0.29) is 5.82 Å². The van der Waals surface area contributed by atoms with E-state index in [1.165, 1.54) is 0 Å². The molecule has 1 aromatic rings. The molecule has 0 fully saturated rings. The molecule has 102 valence electrons. The molecule has 2 N–H and O–H groups in total. The van der Waals surface area contributed by atoms with Gasteiger partial charge in [-0.25, -0.2) is 4.39 Å². The lowest BCUT2D eigenvalue weighted by molar-refractivity contribution is 0.530. The summed E-state index contributed by atoms with van der Waals surface area (Å²) in [6.07, 6.45) is 1.09. The third-order valence-corrected chi connectivity index (χ3v) is 3.22. The summed E-state index contributed by atoms with van der Waals surface area (Å²) >= 11 is 3.15. The van der Waals surface area contributed by atoms with E-state index < -0.39 is 0 Å². The lowest BCUT2D eigenvalue weighted by Gasteiger charge is -2.08. The van der Waals surface area contributed by atoms with Gasteiger partial charge in [0.05, 0.1) is 4.47 Å². The van der Waals surface area contributed by atoms with Crippen molar-refractivity contribution in [3.05, 3.63) is 34.1 Å². The molecule has 0 saturated heterocycles. The molecule has 0 aromatic heterocycles. The molecule has 0 aliphatic carbocycles. The van der Waals surface area contributed by atoms with Crippen LogP contribution in [0, 0.1) is 11.7 Å². The van der Waals surface area contributed by atoms with Gasteiger partial charge in [0.25, 0.3) is 0 Å². The topological polar surface area (TPSA) is 24.1 Å². The van der Waals surface area contributed by atoms with Gasteiger partial charge in [0.15, 0.2) is 0 Å². The van der Waals surface area contributed by atoms with Crippen molar-refractivity contribution in [1.82, 2.24) is 10.6 Å². The molecular formula is C14H22BrFN2. The van der Waals surface area contributed by atoms with E-state index in [2.05, 4.69) is 40.4 Å². The monoisotopic (exact) mass is 316 g/mol. The van der Waals surface area contributed by atoms with E-state index in [0.29, 0.717) is 16.9 Å².